The molecule has 0 amide bonds. The van der Waals surface area contributed by atoms with Gasteiger partial charge in [-0.25, -0.2) is 0 Å². The number of aliphatic hydroxyl groups excluding tert-OH is 1. The van der Waals surface area contributed by atoms with Crippen LogP contribution in [0.5, 0.6) is 0 Å². The Morgan fingerprint density at radius 1 is 0.786 bits per heavy atom. The van der Waals surface area contributed by atoms with Gasteiger partial charge in [0.05, 0.1) is 5.69 Å². The van der Waals surface area contributed by atoms with Gasteiger partial charge in [0.25, 0.3) is 0 Å². The van der Waals surface area contributed by atoms with E-state index < -0.39 is 6.10 Å². The molecule has 7 heteroatoms. The van der Waals surface area contributed by atoms with E-state index in [9.17, 15) is 5.11 Å². The summed E-state index contributed by atoms with van der Waals surface area (Å²) >= 11 is 1.10. The van der Waals surface area contributed by atoms with Crippen molar-refractivity contribution in [1.82, 2.24) is 19.9 Å². The zero-order valence-electron chi connectivity index (χ0n) is 15.5. The van der Waals surface area contributed by atoms with Gasteiger partial charge < -0.3 is 5.11 Å². The van der Waals surface area contributed by atoms with Crippen molar-refractivity contribution in [3.05, 3.63) is 90.3 Å². The Balaban J connectivity index is 0.00000136. The van der Waals surface area contributed by atoms with Crippen LogP contribution in [0.25, 0.3) is 0 Å². The van der Waals surface area contributed by atoms with Gasteiger partial charge in [-0.2, -0.15) is 0 Å². The summed E-state index contributed by atoms with van der Waals surface area (Å²) in [5.41, 5.74) is 2.82. The van der Waals surface area contributed by atoms with Gasteiger partial charge in [-0.15, -0.1) is 0 Å². The van der Waals surface area contributed by atoms with Gasteiger partial charge in [-0.3, -0.25) is 19.9 Å². The number of pyridine rings is 3. The van der Waals surface area contributed by atoms with Crippen LogP contribution in [-0.2, 0) is 34.7 Å². The van der Waals surface area contributed by atoms with Crippen LogP contribution in [0.15, 0.2) is 73.2 Å². The second-order valence-corrected chi connectivity index (χ2v) is 6.21. The molecule has 28 heavy (non-hydrogen) atoms. The molecule has 0 saturated carbocycles. The molecule has 3 rings (SSSR count). The van der Waals surface area contributed by atoms with Gasteiger partial charge in [-0.05, 0) is 36.4 Å². The summed E-state index contributed by atoms with van der Waals surface area (Å²) in [5.74, 6) is 0. The van der Waals surface area contributed by atoms with E-state index in [-0.39, 0.29) is 0 Å². The first kappa shape index (κ1) is 22.1. The first-order valence-corrected chi connectivity index (χ1v) is 9.78. The average molecular weight is 466 g/mol. The minimum atomic E-state index is -0.608. The van der Waals surface area contributed by atoms with Gasteiger partial charge in [0.15, 0.2) is 0 Å². The predicted molar refractivity (Wildman–Crippen MR) is 102 cm³/mol. The Bertz CT molecular complexity index is 735. The van der Waals surface area contributed by atoms with Crippen LogP contribution >= 0.6 is 0 Å². The molecular weight excluding hydrogens is 441 g/mol. The van der Waals surface area contributed by atoms with Crippen molar-refractivity contribution in [1.29, 1.82) is 0 Å². The molecule has 0 saturated heterocycles. The van der Waals surface area contributed by atoms with E-state index in [1.54, 1.807) is 6.20 Å². The van der Waals surface area contributed by atoms with Crippen LogP contribution < -0.4 is 0 Å². The third-order valence-electron chi connectivity index (χ3n) is 4.28. The summed E-state index contributed by atoms with van der Waals surface area (Å²) in [6, 6.07) is 17.5. The molecule has 0 aliphatic heterocycles. The Labute approximate surface area is 175 Å². The molecule has 0 radical (unpaired) electrons. The number of hydrogen-bond acceptors (Lipinski definition) is 6. The normalized spacial score (nSPS) is 11.5. The molecule has 0 aliphatic rings. The van der Waals surface area contributed by atoms with Crippen LogP contribution in [-0.4, -0.2) is 44.6 Å². The van der Waals surface area contributed by atoms with Crippen molar-refractivity contribution in [2.24, 2.45) is 0 Å². The maximum absolute atomic E-state index is 10.5. The van der Waals surface area contributed by atoms with Gasteiger partial charge in [0.1, 0.15) is 6.10 Å². The third kappa shape index (κ3) is 7.81. The van der Waals surface area contributed by atoms with Crippen molar-refractivity contribution < 1.29 is 26.9 Å². The fraction of sp³-hybridized carbons (Fsp3) is 0.286. The Morgan fingerprint density at radius 2 is 1.29 bits per heavy atom. The number of aromatic nitrogens is 3. The third-order valence-corrected chi connectivity index (χ3v) is 4.28. The van der Waals surface area contributed by atoms with E-state index in [1.165, 1.54) is 0 Å². The summed E-state index contributed by atoms with van der Waals surface area (Å²) in [6.45, 7) is 2.19. The molecule has 1 atom stereocenters. The van der Waals surface area contributed by atoms with E-state index in [0.717, 1.165) is 55.6 Å². The van der Waals surface area contributed by atoms with Crippen molar-refractivity contribution in [2.75, 3.05) is 19.6 Å². The van der Waals surface area contributed by atoms with Crippen molar-refractivity contribution in [2.45, 2.75) is 18.9 Å². The zero-order chi connectivity index (χ0) is 20.0. The fourth-order valence-electron chi connectivity index (χ4n) is 2.84. The fourth-order valence-corrected chi connectivity index (χ4v) is 2.84. The van der Waals surface area contributed by atoms with Crippen molar-refractivity contribution in [3.8, 4) is 0 Å². The number of rotatable bonds is 9. The quantitative estimate of drug-likeness (QED) is 0.490. The molecule has 6 nitrogen and oxygen atoms in total. The number of aliphatic hydroxyl groups is 1. The molecule has 0 fully saturated rings. The van der Waals surface area contributed by atoms with E-state index in [1.807, 2.05) is 67.0 Å². The summed E-state index contributed by atoms with van der Waals surface area (Å²) in [7, 11) is 0. The zero-order valence-corrected chi connectivity index (χ0v) is 17.3. The van der Waals surface area contributed by atoms with Crippen LogP contribution in [0.4, 0.5) is 0 Å². The van der Waals surface area contributed by atoms with Crippen LogP contribution in [0.3, 0.4) is 0 Å². The monoisotopic (exact) mass is 466 g/mol. The molecule has 0 aromatic carbocycles. The first-order chi connectivity index (χ1) is 13.8. The average Bonchev–Trinajstić information content (AvgIpc) is 2.79. The van der Waals surface area contributed by atoms with Gasteiger partial charge in [0, 0.05) is 62.5 Å². The Morgan fingerprint density at radius 3 is 1.71 bits per heavy atom. The number of nitrogens with zero attached hydrogens (tertiary/aromatic N) is 4. The van der Waals surface area contributed by atoms with Crippen molar-refractivity contribution >= 4 is 0 Å². The second kappa shape index (κ2) is 13.1. The second-order valence-electron chi connectivity index (χ2n) is 6.21. The molecule has 3 aromatic heterocycles. The van der Waals surface area contributed by atoms with E-state index in [4.69, 9.17) is 3.57 Å². The van der Waals surface area contributed by atoms with Gasteiger partial charge in [-0.1, -0.05) is 18.2 Å². The molecule has 0 aliphatic carbocycles. The Kier molecular flexibility index (Phi) is 10.3. The topological polar surface area (TPSA) is 79.2 Å². The summed E-state index contributed by atoms with van der Waals surface area (Å²) in [5, 5.41) is 10.5. The van der Waals surface area contributed by atoms with E-state index >= 15 is 0 Å². The van der Waals surface area contributed by atoms with Gasteiger partial charge >= 0.3 is 21.8 Å². The molecule has 1 unspecified atom stereocenters. The van der Waals surface area contributed by atoms with Crippen molar-refractivity contribution in [3.63, 3.8) is 0 Å². The van der Waals surface area contributed by atoms with E-state index in [2.05, 4.69) is 19.9 Å². The maximum atomic E-state index is 10.5. The summed E-state index contributed by atoms with van der Waals surface area (Å²) in [6.07, 6.45) is 6.43. The van der Waals surface area contributed by atoms with E-state index in [0.29, 0.717) is 12.2 Å². The Hall–Kier alpha value is -2.21. The molecular formula is C21H24N4O2Ru+. The molecule has 0 bridgehead atoms. The summed E-state index contributed by atoms with van der Waals surface area (Å²) in [4.78, 5) is 15.3. The minimum absolute atomic E-state index is 0.538. The van der Waals surface area contributed by atoms with Crippen LogP contribution in [0.1, 0.15) is 23.2 Å². The predicted octanol–water partition coefficient (Wildman–Crippen LogP) is 2.57. The first-order valence-electron chi connectivity index (χ1n) is 9.07. The number of hydrogen-bond donors (Lipinski definition) is 1. The van der Waals surface area contributed by atoms with Gasteiger partial charge in [0.2, 0.25) is 0 Å². The molecule has 1 N–H and O–H groups in total. The SMILES string of the molecule is OC(CN(CCc1ccccn1)CCc1ccccn1)c1ccccn1.[O]=[Ru+]. The molecule has 3 heterocycles. The molecule has 0 spiro atoms. The summed E-state index contributed by atoms with van der Waals surface area (Å²) < 4.78 is 8.18. The molecule has 147 valence electrons. The molecule has 3 aromatic rings. The standard InChI is InChI=1S/C21H24N4O.O.Ru/c26-21(20-9-3-6-14-24-20)17-25(15-10-18-7-1-4-12-22-18)16-11-19-8-2-5-13-23-19;;/h1-9,12-14,21,26H,10-11,15-17H2;;/q;;+1. The van der Waals surface area contributed by atoms with Crippen LogP contribution in [0, 0.1) is 0 Å². The van der Waals surface area contributed by atoms with Crippen LogP contribution in [0.2, 0.25) is 0 Å².